The SMILES string of the molecule is COc1nc2ccc(C(O)(c3ccc(C)nc3C)c3cnnn3C)cc2c(Cl)c1C(=O)N1CC(F)(F)C1. The van der Waals surface area contributed by atoms with E-state index in [0.717, 1.165) is 10.6 Å². The molecule has 1 aliphatic heterocycles. The van der Waals surface area contributed by atoms with Crippen molar-refractivity contribution >= 4 is 28.4 Å². The van der Waals surface area contributed by atoms with E-state index in [2.05, 4.69) is 20.3 Å². The van der Waals surface area contributed by atoms with Gasteiger partial charge in [0.05, 0.1) is 42.6 Å². The molecule has 1 unspecified atom stereocenters. The van der Waals surface area contributed by atoms with Crippen LogP contribution in [0.15, 0.2) is 36.5 Å². The van der Waals surface area contributed by atoms with Crippen molar-refractivity contribution in [2.75, 3.05) is 20.2 Å². The first-order valence-corrected chi connectivity index (χ1v) is 11.7. The van der Waals surface area contributed by atoms with Crippen molar-refractivity contribution in [3.63, 3.8) is 0 Å². The molecule has 0 radical (unpaired) electrons. The first-order valence-electron chi connectivity index (χ1n) is 11.3. The lowest BCUT2D eigenvalue weighted by Gasteiger charge is -2.38. The predicted octanol–water partition coefficient (Wildman–Crippen LogP) is 3.41. The second-order valence-corrected chi connectivity index (χ2v) is 9.48. The smallest absolute Gasteiger partial charge is 0.282 e. The lowest BCUT2D eigenvalue weighted by molar-refractivity contribution is -0.113. The summed E-state index contributed by atoms with van der Waals surface area (Å²) in [5.41, 5.74) is 1.16. The number of hydrogen-bond donors (Lipinski definition) is 1. The molecule has 12 heteroatoms. The second kappa shape index (κ2) is 8.70. The van der Waals surface area contributed by atoms with E-state index >= 15 is 0 Å². The second-order valence-electron chi connectivity index (χ2n) is 9.10. The predicted molar refractivity (Wildman–Crippen MR) is 131 cm³/mol. The summed E-state index contributed by atoms with van der Waals surface area (Å²) in [7, 11) is 2.98. The lowest BCUT2D eigenvalue weighted by atomic mass is 9.82. The van der Waals surface area contributed by atoms with Crippen LogP contribution in [0.5, 0.6) is 5.88 Å². The molecule has 3 aromatic heterocycles. The summed E-state index contributed by atoms with van der Waals surface area (Å²) in [4.78, 5) is 23.0. The number of alkyl halides is 2. The van der Waals surface area contributed by atoms with E-state index in [1.54, 1.807) is 44.3 Å². The molecule has 0 bridgehead atoms. The molecule has 1 saturated heterocycles. The van der Waals surface area contributed by atoms with Crippen molar-refractivity contribution < 1.29 is 23.4 Å². The number of nitrogens with zero attached hydrogens (tertiary/aromatic N) is 6. The zero-order chi connectivity index (χ0) is 26.7. The van der Waals surface area contributed by atoms with Crippen LogP contribution in [0.2, 0.25) is 5.02 Å². The minimum atomic E-state index is -2.94. The number of carbonyl (C=O) groups is 1. The van der Waals surface area contributed by atoms with Crippen LogP contribution in [0.3, 0.4) is 0 Å². The maximum Gasteiger partial charge on any atom is 0.282 e. The minimum Gasteiger partial charge on any atom is -0.480 e. The first kappa shape index (κ1) is 25.0. The Morgan fingerprint density at radius 3 is 2.51 bits per heavy atom. The van der Waals surface area contributed by atoms with Gasteiger partial charge in [0.15, 0.2) is 5.60 Å². The number of fused-ring (bicyclic) bond motifs is 1. The van der Waals surface area contributed by atoms with Crippen molar-refractivity contribution in [3.05, 3.63) is 75.3 Å². The molecule has 1 aliphatic rings. The molecule has 0 saturated carbocycles. The topological polar surface area (TPSA) is 106 Å². The highest BCUT2D eigenvalue weighted by Crippen LogP contribution is 2.41. The minimum absolute atomic E-state index is 0.0202. The summed E-state index contributed by atoms with van der Waals surface area (Å²) >= 11 is 6.71. The van der Waals surface area contributed by atoms with Gasteiger partial charge in [-0.25, -0.2) is 18.4 Å². The van der Waals surface area contributed by atoms with Gasteiger partial charge in [-0.1, -0.05) is 28.9 Å². The van der Waals surface area contributed by atoms with E-state index in [4.69, 9.17) is 16.3 Å². The van der Waals surface area contributed by atoms with E-state index in [1.807, 2.05) is 6.92 Å². The van der Waals surface area contributed by atoms with E-state index in [0.29, 0.717) is 33.4 Å². The van der Waals surface area contributed by atoms with Gasteiger partial charge in [-0.3, -0.25) is 9.78 Å². The average Bonchev–Trinajstić information content (AvgIpc) is 3.27. The van der Waals surface area contributed by atoms with Crippen LogP contribution < -0.4 is 4.74 Å². The number of methoxy groups -OCH3 is 1. The highest BCUT2D eigenvalue weighted by Gasteiger charge is 2.47. The summed E-state index contributed by atoms with van der Waals surface area (Å²) in [5, 5.41) is 20.5. The van der Waals surface area contributed by atoms with Crippen molar-refractivity contribution in [2.24, 2.45) is 7.05 Å². The summed E-state index contributed by atoms with van der Waals surface area (Å²) in [6.07, 6.45) is 1.45. The fourth-order valence-electron chi connectivity index (χ4n) is 4.70. The monoisotopic (exact) mass is 528 g/mol. The zero-order valence-corrected chi connectivity index (χ0v) is 21.2. The number of pyridine rings is 2. The van der Waals surface area contributed by atoms with Gasteiger partial charge < -0.3 is 14.7 Å². The number of aryl methyl sites for hydroxylation is 3. The van der Waals surface area contributed by atoms with Crippen LogP contribution in [0.25, 0.3) is 10.9 Å². The van der Waals surface area contributed by atoms with Gasteiger partial charge in [-0.2, -0.15) is 0 Å². The molecule has 4 aromatic rings. The quantitative estimate of drug-likeness (QED) is 0.423. The number of hydrogen-bond acceptors (Lipinski definition) is 7. The first-order chi connectivity index (χ1) is 17.5. The number of aromatic nitrogens is 5. The Bertz CT molecular complexity index is 1550. The van der Waals surface area contributed by atoms with Gasteiger partial charge in [0.1, 0.15) is 5.56 Å². The summed E-state index contributed by atoms with van der Waals surface area (Å²) < 4.78 is 33.6. The van der Waals surface area contributed by atoms with E-state index in [-0.39, 0.29) is 16.5 Å². The Hall–Kier alpha value is -3.70. The number of likely N-dealkylation sites (tertiary alicyclic amines) is 1. The third-order valence-electron chi connectivity index (χ3n) is 6.54. The van der Waals surface area contributed by atoms with Gasteiger partial charge >= 0.3 is 0 Å². The standard InChI is InChI=1S/C25H23ClF2N6O3/c1-13-5-7-17(14(2)30-13)25(36,19-10-29-32-33(19)3)15-6-8-18-16(9-15)21(26)20(22(31-18)37-4)23(35)34-11-24(27,28)12-34/h5-10,36H,11-12H2,1-4H3. The van der Waals surface area contributed by atoms with Gasteiger partial charge in [-0.05, 0) is 37.6 Å². The normalized spacial score (nSPS) is 16.4. The fraction of sp³-hybridized carbons (Fsp3) is 0.320. The Balaban J connectivity index is 1.72. The van der Waals surface area contributed by atoms with Crippen LogP contribution in [-0.4, -0.2) is 67.0 Å². The summed E-state index contributed by atoms with van der Waals surface area (Å²) in [6, 6.07) is 8.49. The number of amides is 1. The number of ether oxygens (including phenoxy) is 1. The molecule has 37 heavy (non-hydrogen) atoms. The molecular formula is C25H23ClF2N6O3. The van der Waals surface area contributed by atoms with Crippen molar-refractivity contribution in [2.45, 2.75) is 25.4 Å². The van der Waals surface area contributed by atoms with E-state index in [1.165, 1.54) is 18.0 Å². The molecule has 9 nitrogen and oxygen atoms in total. The molecule has 0 aliphatic carbocycles. The average molecular weight is 529 g/mol. The van der Waals surface area contributed by atoms with Crippen molar-refractivity contribution in [3.8, 4) is 5.88 Å². The third kappa shape index (κ3) is 3.98. The van der Waals surface area contributed by atoms with Gasteiger partial charge in [0.25, 0.3) is 11.8 Å². The van der Waals surface area contributed by atoms with Crippen LogP contribution in [-0.2, 0) is 12.6 Å². The number of aliphatic hydroxyl groups is 1. The molecule has 0 spiro atoms. The molecule has 1 aromatic carbocycles. The maximum atomic E-state index is 13.5. The third-order valence-corrected chi connectivity index (χ3v) is 6.94. The zero-order valence-electron chi connectivity index (χ0n) is 20.5. The number of carbonyl (C=O) groups excluding carboxylic acids is 1. The van der Waals surface area contributed by atoms with Gasteiger partial charge in [0.2, 0.25) is 5.88 Å². The van der Waals surface area contributed by atoms with Gasteiger partial charge in [0, 0.05) is 29.4 Å². The van der Waals surface area contributed by atoms with Crippen LogP contribution in [0.1, 0.15) is 38.6 Å². The summed E-state index contributed by atoms with van der Waals surface area (Å²) in [6.45, 7) is 2.21. The molecule has 1 N–H and O–H groups in total. The highest BCUT2D eigenvalue weighted by atomic mass is 35.5. The molecule has 1 atom stereocenters. The van der Waals surface area contributed by atoms with Crippen LogP contribution >= 0.6 is 11.6 Å². The summed E-state index contributed by atoms with van der Waals surface area (Å²) in [5.74, 6) is -3.73. The van der Waals surface area contributed by atoms with Crippen molar-refractivity contribution in [1.82, 2.24) is 29.9 Å². The Labute approximate surface area is 215 Å². The Morgan fingerprint density at radius 1 is 1.19 bits per heavy atom. The Morgan fingerprint density at radius 2 is 1.92 bits per heavy atom. The molecular weight excluding hydrogens is 506 g/mol. The number of halogens is 3. The molecule has 192 valence electrons. The number of benzene rings is 1. The molecule has 1 fully saturated rings. The van der Waals surface area contributed by atoms with Crippen molar-refractivity contribution in [1.29, 1.82) is 0 Å². The fourth-order valence-corrected chi connectivity index (χ4v) is 5.02. The Kier molecular flexibility index (Phi) is 5.87. The lowest BCUT2D eigenvalue weighted by Crippen LogP contribution is -2.58. The molecule has 1 amide bonds. The highest BCUT2D eigenvalue weighted by molar-refractivity contribution is 6.38. The number of rotatable bonds is 5. The van der Waals surface area contributed by atoms with E-state index in [9.17, 15) is 18.7 Å². The van der Waals surface area contributed by atoms with Gasteiger partial charge in [-0.15, -0.1) is 5.10 Å². The molecule has 4 heterocycles. The molecule has 5 rings (SSSR count). The largest absolute Gasteiger partial charge is 0.480 e. The van der Waals surface area contributed by atoms with Crippen LogP contribution in [0, 0.1) is 13.8 Å². The van der Waals surface area contributed by atoms with E-state index < -0.39 is 30.5 Å². The van der Waals surface area contributed by atoms with Crippen LogP contribution in [0.4, 0.5) is 8.78 Å². The maximum absolute atomic E-state index is 13.5.